The van der Waals surface area contributed by atoms with Crippen LogP contribution >= 0.6 is 0 Å². The summed E-state index contributed by atoms with van der Waals surface area (Å²) in [5.41, 5.74) is -3.27. The fourth-order valence-electron chi connectivity index (χ4n) is 0.124. The Morgan fingerprint density at radius 1 is 0.900 bits per heavy atom. The van der Waals surface area contributed by atoms with Gasteiger partial charge in [-0.3, -0.25) is 0 Å². The van der Waals surface area contributed by atoms with Gasteiger partial charge in [0, 0.05) is 0 Å². The van der Waals surface area contributed by atoms with Crippen LogP contribution in [0.15, 0.2) is 11.8 Å². The van der Waals surface area contributed by atoms with Gasteiger partial charge < -0.3 is 12.9 Å². The van der Waals surface area contributed by atoms with Crippen LogP contribution in [0.1, 0.15) is 0 Å². The molecule has 8 heteroatoms. The number of hydrogen-bond acceptors (Lipinski definition) is 0. The maximum atomic E-state index is 11.1. The van der Waals surface area contributed by atoms with E-state index in [0.29, 0.717) is 0 Å². The summed E-state index contributed by atoms with van der Waals surface area (Å²) in [4.78, 5) is 0. The van der Waals surface area contributed by atoms with Gasteiger partial charge in [0.2, 0.25) is 0 Å². The van der Waals surface area contributed by atoms with Gasteiger partial charge in [0.25, 0.3) is 6.08 Å². The molecule has 0 aromatic heterocycles. The molecule has 0 saturated heterocycles. The summed E-state index contributed by atoms with van der Waals surface area (Å²) in [6.45, 7) is -6.14. The second-order valence-electron chi connectivity index (χ2n) is 1.18. The van der Waals surface area contributed by atoms with Crippen LogP contribution in [0.4, 0.5) is 26.1 Å². The number of halogens is 6. The molecular formula is C2BF6K. The van der Waals surface area contributed by atoms with Gasteiger partial charge in [-0.15, -0.1) is 0 Å². The molecule has 0 nitrogen and oxygen atoms in total. The first-order valence-corrected chi connectivity index (χ1v) is 1.76. The molecule has 0 radical (unpaired) electrons. The standard InChI is InChI=1S/C2BF6.K/c4-1(2(5)6)3(7,8)9;/q-1;+1. The third-order valence-corrected chi connectivity index (χ3v) is 0.468. The Balaban J connectivity index is 0. The third kappa shape index (κ3) is 4.78. The van der Waals surface area contributed by atoms with E-state index in [-0.39, 0.29) is 51.4 Å². The van der Waals surface area contributed by atoms with Crippen molar-refractivity contribution in [2.24, 2.45) is 0 Å². The van der Waals surface area contributed by atoms with Crippen LogP contribution in [-0.4, -0.2) is 6.98 Å². The number of hydrogen-bond donors (Lipinski definition) is 0. The van der Waals surface area contributed by atoms with Crippen molar-refractivity contribution in [1.82, 2.24) is 0 Å². The van der Waals surface area contributed by atoms with Crippen LogP contribution in [0.2, 0.25) is 0 Å². The van der Waals surface area contributed by atoms with Crippen molar-refractivity contribution in [2.45, 2.75) is 0 Å². The normalized spacial score (nSPS) is 10.2. The Morgan fingerprint density at radius 2 is 1.20 bits per heavy atom. The quantitative estimate of drug-likeness (QED) is 0.382. The molecule has 54 valence electrons. The molecule has 0 amide bonds. The first kappa shape index (κ1) is 13.6. The fraction of sp³-hybridized carbons (Fsp3) is 0. The van der Waals surface area contributed by atoms with Crippen molar-refractivity contribution in [2.75, 3.05) is 0 Å². The predicted octanol–water partition coefficient (Wildman–Crippen LogP) is -0.545. The van der Waals surface area contributed by atoms with E-state index in [4.69, 9.17) is 0 Å². The summed E-state index contributed by atoms with van der Waals surface area (Å²) in [5, 5.41) is 0. The van der Waals surface area contributed by atoms with E-state index in [2.05, 4.69) is 0 Å². The molecule has 0 spiro atoms. The molecule has 0 saturated carbocycles. The smallest absolute Gasteiger partial charge is 0.443 e. The molecule has 0 aliphatic rings. The van der Waals surface area contributed by atoms with Gasteiger partial charge in [-0.2, -0.15) is 8.78 Å². The summed E-state index contributed by atoms with van der Waals surface area (Å²) < 4.78 is 65.1. The second-order valence-corrected chi connectivity index (χ2v) is 1.18. The molecule has 0 heterocycles. The van der Waals surface area contributed by atoms with Gasteiger partial charge >= 0.3 is 58.4 Å². The molecule has 0 N–H and O–H groups in total. The largest absolute Gasteiger partial charge is 1.00 e. The van der Waals surface area contributed by atoms with E-state index >= 15 is 0 Å². The minimum absolute atomic E-state index is 0. The Morgan fingerprint density at radius 3 is 1.20 bits per heavy atom. The summed E-state index contributed by atoms with van der Waals surface area (Å²) in [7, 11) is 0. The average molecular weight is 188 g/mol. The predicted molar refractivity (Wildman–Crippen MR) is 19.4 cm³/mol. The first-order valence-electron chi connectivity index (χ1n) is 1.76. The Bertz CT molecular complexity index is 133. The molecule has 0 aromatic carbocycles. The third-order valence-electron chi connectivity index (χ3n) is 0.468. The molecule has 0 aliphatic heterocycles. The maximum absolute atomic E-state index is 11.1. The fourth-order valence-corrected chi connectivity index (χ4v) is 0.124. The van der Waals surface area contributed by atoms with Gasteiger partial charge in [-0.25, -0.2) is 4.39 Å². The maximum Gasteiger partial charge on any atom is 1.00 e. The Labute approximate surface area is 95.1 Å². The molecule has 0 bridgehead atoms. The Hall–Kier alpha value is 1.02. The van der Waals surface area contributed by atoms with E-state index in [1.165, 1.54) is 0 Å². The van der Waals surface area contributed by atoms with Crippen LogP contribution < -0.4 is 51.4 Å². The van der Waals surface area contributed by atoms with Crippen LogP contribution in [0.5, 0.6) is 0 Å². The van der Waals surface area contributed by atoms with Gasteiger partial charge in [-0.1, -0.05) is 0 Å². The van der Waals surface area contributed by atoms with E-state index in [1.54, 1.807) is 0 Å². The topological polar surface area (TPSA) is 0 Å². The van der Waals surface area contributed by atoms with Gasteiger partial charge in [0.05, 0.1) is 0 Å². The van der Waals surface area contributed by atoms with Crippen LogP contribution in [-0.2, 0) is 0 Å². The van der Waals surface area contributed by atoms with E-state index in [1.807, 2.05) is 0 Å². The van der Waals surface area contributed by atoms with Crippen molar-refractivity contribution in [3.8, 4) is 0 Å². The Kier molecular flexibility index (Phi) is 6.54. The summed E-state index contributed by atoms with van der Waals surface area (Å²) in [5.74, 6) is 0. The van der Waals surface area contributed by atoms with Gasteiger partial charge in [0.1, 0.15) is 5.73 Å². The molecule has 0 aliphatic carbocycles. The zero-order chi connectivity index (χ0) is 7.65. The zero-order valence-electron chi connectivity index (χ0n) is 4.85. The number of rotatable bonds is 1. The minimum Gasteiger partial charge on any atom is -0.443 e. The van der Waals surface area contributed by atoms with E-state index < -0.39 is 18.8 Å². The van der Waals surface area contributed by atoms with E-state index in [0.717, 1.165) is 0 Å². The molecular weight excluding hydrogens is 188 g/mol. The summed E-state index contributed by atoms with van der Waals surface area (Å²) in [6, 6.07) is 0. The molecule has 0 unspecified atom stereocenters. The minimum atomic E-state index is -6.14. The van der Waals surface area contributed by atoms with Crippen molar-refractivity contribution in [3.05, 3.63) is 11.8 Å². The first-order chi connectivity index (χ1) is 3.85. The summed E-state index contributed by atoms with van der Waals surface area (Å²) in [6.07, 6.45) is -3.32. The molecule has 0 aromatic rings. The van der Waals surface area contributed by atoms with Crippen molar-refractivity contribution >= 4 is 6.98 Å². The zero-order valence-corrected chi connectivity index (χ0v) is 7.97. The average Bonchev–Trinajstić information content (AvgIpc) is 1.62. The molecule has 0 rings (SSSR count). The monoisotopic (exact) mass is 188 g/mol. The van der Waals surface area contributed by atoms with Crippen molar-refractivity contribution in [3.63, 3.8) is 0 Å². The van der Waals surface area contributed by atoms with Crippen LogP contribution in [0, 0.1) is 0 Å². The molecule has 10 heavy (non-hydrogen) atoms. The van der Waals surface area contributed by atoms with Crippen molar-refractivity contribution in [1.29, 1.82) is 0 Å². The SMILES string of the molecule is FC(F)=C(F)[B-](F)(F)F.[K+]. The van der Waals surface area contributed by atoms with Crippen LogP contribution in [0.3, 0.4) is 0 Å². The second kappa shape index (κ2) is 4.81. The molecule has 0 atom stereocenters. The molecule has 0 fully saturated rings. The van der Waals surface area contributed by atoms with E-state index in [9.17, 15) is 26.1 Å². The van der Waals surface area contributed by atoms with Gasteiger partial charge in [-0.05, 0) is 0 Å². The van der Waals surface area contributed by atoms with Gasteiger partial charge in [0.15, 0.2) is 0 Å². The van der Waals surface area contributed by atoms with Crippen LogP contribution in [0.25, 0.3) is 0 Å². The van der Waals surface area contributed by atoms with Crippen molar-refractivity contribution < 1.29 is 77.5 Å². The summed E-state index contributed by atoms with van der Waals surface area (Å²) >= 11 is 0.